The van der Waals surface area contributed by atoms with E-state index in [4.69, 9.17) is 5.11 Å². The van der Waals surface area contributed by atoms with Crippen LogP contribution in [0.25, 0.3) is 0 Å². The third-order valence-electron chi connectivity index (χ3n) is 8.27. The minimum absolute atomic E-state index is 0.0362. The number of amides is 2. The highest BCUT2D eigenvalue weighted by atomic mass is 16.4. The first kappa shape index (κ1) is 23.5. The number of carbonyl (C=O) groups is 3. The molecule has 2 aromatic carbocycles. The number of nitrogens with zero attached hydrogens (tertiary/aromatic N) is 1. The summed E-state index contributed by atoms with van der Waals surface area (Å²) in [7, 11) is 0. The van der Waals surface area contributed by atoms with Crippen molar-refractivity contribution in [1.82, 2.24) is 10.2 Å². The van der Waals surface area contributed by atoms with Gasteiger partial charge in [-0.1, -0.05) is 24.3 Å². The van der Waals surface area contributed by atoms with E-state index < -0.39 is 12.0 Å². The Hall–Kier alpha value is -3.19. The van der Waals surface area contributed by atoms with E-state index in [9.17, 15) is 14.4 Å². The van der Waals surface area contributed by atoms with Gasteiger partial charge in [0, 0.05) is 18.2 Å². The molecule has 1 spiro atoms. The number of nitrogens with one attached hydrogen (secondary N) is 2. The van der Waals surface area contributed by atoms with E-state index in [0.29, 0.717) is 17.6 Å². The zero-order valence-corrected chi connectivity index (χ0v) is 20.0. The molecule has 2 aliphatic heterocycles. The summed E-state index contributed by atoms with van der Waals surface area (Å²) in [6.07, 6.45) is 7.07. The molecule has 3 aliphatic rings. The molecular formula is C28H33N3O4. The Balaban J connectivity index is 1.35. The first-order valence-corrected chi connectivity index (χ1v) is 12.7. The quantitative estimate of drug-likeness (QED) is 0.621. The third-order valence-corrected chi connectivity index (χ3v) is 8.27. The molecule has 0 radical (unpaired) electrons. The average molecular weight is 476 g/mol. The number of piperidine rings is 1. The van der Waals surface area contributed by atoms with Gasteiger partial charge in [0.05, 0.1) is 5.56 Å². The van der Waals surface area contributed by atoms with E-state index >= 15 is 0 Å². The first-order valence-electron chi connectivity index (χ1n) is 12.7. The Morgan fingerprint density at radius 1 is 0.943 bits per heavy atom. The molecule has 3 N–H and O–H groups in total. The van der Waals surface area contributed by atoms with Crippen molar-refractivity contribution in [3.8, 4) is 0 Å². The van der Waals surface area contributed by atoms with Crippen molar-refractivity contribution < 1.29 is 19.5 Å². The monoisotopic (exact) mass is 475 g/mol. The Labute approximate surface area is 205 Å². The minimum Gasteiger partial charge on any atom is -0.478 e. The molecule has 1 aliphatic carbocycles. The number of hydrogen-bond donors (Lipinski definition) is 3. The molecule has 35 heavy (non-hydrogen) atoms. The predicted octanol–water partition coefficient (Wildman–Crippen LogP) is 4.01. The summed E-state index contributed by atoms with van der Waals surface area (Å²) in [5.74, 6) is -1.23. The zero-order valence-electron chi connectivity index (χ0n) is 20.0. The molecule has 1 saturated carbocycles. The van der Waals surface area contributed by atoms with E-state index in [1.807, 2.05) is 24.3 Å². The van der Waals surface area contributed by atoms with E-state index in [2.05, 4.69) is 10.6 Å². The number of aromatic carboxylic acids is 1. The molecule has 2 amide bonds. The van der Waals surface area contributed by atoms with Crippen LogP contribution in [0, 0.1) is 11.3 Å². The van der Waals surface area contributed by atoms with Gasteiger partial charge < -0.3 is 20.6 Å². The molecule has 0 bridgehead atoms. The summed E-state index contributed by atoms with van der Waals surface area (Å²) in [4.78, 5) is 40.3. The molecule has 184 valence electrons. The second kappa shape index (κ2) is 9.82. The van der Waals surface area contributed by atoms with Crippen molar-refractivity contribution in [3.05, 3.63) is 65.2 Å². The van der Waals surface area contributed by atoms with Gasteiger partial charge >= 0.3 is 5.97 Å². The minimum atomic E-state index is -1.01. The highest BCUT2D eigenvalue weighted by molar-refractivity contribution is 5.99. The lowest BCUT2D eigenvalue weighted by Crippen LogP contribution is -2.49. The second-order valence-electron chi connectivity index (χ2n) is 10.3. The molecule has 0 aromatic heterocycles. The van der Waals surface area contributed by atoms with Crippen LogP contribution in [0.4, 0.5) is 5.69 Å². The number of rotatable bonds is 4. The lowest BCUT2D eigenvalue weighted by Gasteiger charge is -2.44. The first-order chi connectivity index (χ1) is 17.0. The number of carbonyl (C=O) groups excluding carboxylic acids is 2. The van der Waals surface area contributed by atoms with Crippen LogP contribution in [-0.4, -0.2) is 47.4 Å². The summed E-state index contributed by atoms with van der Waals surface area (Å²) >= 11 is 0. The van der Waals surface area contributed by atoms with Gasteiger partial charge in [-0.15, -0.1) is 0 Å². The standard InChI is InChI=1S/C28H33N3O4/c32-25(30-22-7-5-21(6-8-22)27(34)35)24-23-4-2-1-3-19(23)11-18-31(24)26(33)20-9-12-28(13-10-20)14-16-29-17-15-28/h1-8,20,24,29H,9-18H2,(H,30,32)(H,34,35). The van der Waals surface area contributed by atoms with Crippen molar-refractivity contribution in [2.24, 2.45) is 11.3 Å². The van der Waals surface area contributed by atoms with Crippen molar-refractivity contribution >= 4 is 23.5 Å². The van der Waals surface area contributed by atoms with E-state index in [1.54, 1.807) is 17.0 Å². The Morgan fingerprint density at radius 2 is 1.63 bits per heavy atom. The van der Waals surface area contributed by atoms with Crippen molar-refractivity contribution in [1.29, 1.82) is 0 Å². The van der Waals surface area contributed by atoms with Gasteiger partial charge in [-0.05, 0) is 98.8 Å². The highest BCUT2D eigenvalue weighted by Crippen LogP contribution is 2.46. The van der Waals surface area contributed by atoms with Crippen molar-refractivity contribution in [2.45, 2.75) is 51.0 Å². The van der Waals surface area contributed by atoms with Gasteiger partial charge in [-0.2, -0.15) is 0 Å². The van der Waals surface area contributed by atoms with Crippen LogP contribution < -0.4 is 10.6 Å². The Bertz CT molecular complexity index is 1100. The van der Waals surface area contributed by atoms with Gasteiger partial charge in [0.2, 0.25) is 5.91 Å². The summed E-state index contributed by atoms with van der Waals surface area (Å²) < 4.78 is 0. The van der Waals surface area contributed by atoms with Gasteiger partial charge in [-0.25, -0.2) is 4.79 Å². The molecule has 2 fully saturated rings. The maximum absolute atomic E-state index is 13.8. The van der Waals surface area contributed by atoms with Crippen LogP contribution in [-0.2, 0) is 16.0 Å². The Kier molecular flexibility index (Phi) is 6.60. The van der Waals surface area contributed by atoms with Gasteiger partial charge in [0.15, 0.2) is 0 Å². The van der Waals surface area contributed by atoms with Gasteiger partial charge in [0.25, 0.3) is 5.91 Å². The lowest BCUT2D eigenvalue weighted by atomic mass is 9.65. The summed E-state index contributed by atoms with van der Waals surface area (Å²) in [6.45, 7) is 2.66. The summed E-state index contributed by atoms with van der Waals surface area (Å²) in [6, 6.07) is 13.3. The van der Waals surface area contributed by atoms with Gasteiger partial charge in [-0.3, -0.25) is 9.59 Å². The smallest absolute Gasteiger partial charge is 0.335 e. The number of carboxylic acid groups (broad SMARTS) is 1. The number of fused-ring (bicyclic) bond motifs is 1. The molecule has 2 heterocycles. The summed E-state index contributed by atoms with van der Waals surface area (Å²) in [5, 5.41) is 15.5. The normalized spacial score (nSPS) is 21.8. The zero-order chi connectivity index (χ0) is 24.4. The maximum atomic E-state index is 13.8. The fraction of sp³-hybridized carbons (Fsp3) is 0.464. The molecular weight excluding hydrogens is 442 g/mol. The largest absolute Gasteiger partial charge is 0.478 e. The maximum Gasteiger partial charge on any atom is 0.335 e. The fourth-order valence-corrected chi connectivity index (χ4v) is 6.16. The Morgan fingerprint density at radius 3 is 2.31 bits per heavy atom. The van der Waals surface area contributed by atoms with Gasteiger partial charge in [0.1, 0.15) is 6.04 Å². The SMILES string of the molecule is O=C(O)c1ccc(NC(=O)C2c3ccccc3CCN2C(=O)C2CCC3(CCNCC3)CC2)cc1. The van der Waals surface area contributed by atoms with Crippen LogP contribution >= 0.6 is 0 Å². The number of anilines is 1. The number of hydrogen-bond acceptors (Lipinski definition) is 4. The average Bonchev–Trinajstić information content (AvgIpc) is 2.89. The van der Waals surface area contributed by atoms with Crippen LogP contribution in [0.2, 0.25) is 0 Å². The van der Waals surface area contributed by atoms with E-state index in [1.165, 1.54) is 25.0 Å². The molecule has 5 rings (SSSR count). The topological polar surface area (TPSA) is 98.7 Å². The molecule has 7 heteroatoms. The molecule has 2 aromatic rings. The highest BCUT2D eigenvalue weighted by Gasteiger charge is 2.42. The third kappa shape index (κ3) is 4.82. The molecule has 1 atom stereocenters. The van der Waals surface area contributed by atoms with E-state index in [0.717, 1.165) is 56.3 Å². The van der Waals surface area contributed by atoms with Crippen LogP contribution in [0.3, 0.4) is 0 Å². The number of benzene rings is 2. The van der Waals surface area contributed by atoms with Crippen LogP contribution in [0.15, 0.2) is 48.5 Å². The number of carboxylic acids is 1. The van der Waals surface area contributed by atoms with Crippen LogP contribution in [0.1, 0.15) is 66.1 Å². The van der Waals surface area contributed by atoms with Crippen molar-refractivity contribution in [3.63, 3.8) is 0 Å². The molecule has 1 saturated heterocycles. The molecule has 1 unspecified atom stereocenters. The van der Waals surface area contributed by atoms with Crippen LogP contribution in [0.5, 0.6) is 0 Å². The predicted molar refractivity (Wildman–Crippen MR) is 133 cm³/mol. The lowest BCUT2D eigenvalue weighted by molar-refractivity contribution is -0.144. The summed E-state index contributed by atoms with van der Waals surface area (Å²) in [5.41, 5.74) is 3.02. The van der Waals surface area contributed by atoms with E-state index in [-0.39, 0.29) is 23.3 Å². The van der Waals surface area contributed by atoms with Crippen molar-refractivity contribution in [2.75, 3.05) is 25.0 Å². The second-order valence-corrected chi connectivity index (χ2v) is 10.3. The molecule has 7 nitrogen and oxygen atoms in total. The fourth-order valence-electron chi connectivity index (χ4n) is 6.16.